The Hall–Kier alpha value is -1.24. The van der Waals surface area contributed by atoms with Crippen molar-refractivity contribution in [2.75, 3.05) is 11.9 Å². The van der Waals surface area contributed by atoms with Crippen LogP contribution in [0.4, 0.5) is 5.69 Å². The maximum atomic E-state index is 2.22. The first-order valence-corrected chi connectivity index (χ1v) is 5.11. The van der Waals surface area contributed by atoms with E-state index in [9.17, 15) is 0 Å². The summed E-state index contributed by atoms with van der Waals surface area (Å²) in [6.45, 7) is 6.49. The molecule has 1 rings (SSSR count). The second-order valence-corrected chi connectivity index (χ2v) is 3.81. The Morgan fingerprint density at radius 1 is 1.21 bits per heavy atom. The summed E-state index contributed by atoms with van der Waals surface area (Å²) in [4.78, 5) is 2.16. The van der Waals surface area contributed by atoms with Gasteiger partial charge >= 0.3 is 0 Å². The molecule has 14 heavy (non-hydrogen) atoms. The Balaban J connectivity index is 3.06. The summed E-state index contributed by atoms with van der Waals surface area (Å²) in [6.07, 6.45) is 4.14. The van der Waals surface area contributed by atoms with Crippen molar-refractivity contribution >= 4 is 5.69 Å². The van der Waals surface area contributed by atoms with Crippen molar-refractivity contribution in [1.82, 2.24) is 0 Å². The SMILES string of the molecule is C/C=C\N(C)c1ccccc1C(C)C. The fourth-order valence-corrected chi connectivity index (χ4v) is 1.60. The number of benzene rings is 1. The van der Waals surface area contributed by atoms with Crippen molar-refractivity contribution in [2.24, 2.45) is 0 Å². The van der Waals surface area contributed by atoms with E-state index in [1.165, 1.54) is 11.3 Å². The molecule has 1 heteroatoms. The van der Waals surface area contributed by atoms with Crippen LogP contribution >= 0.6 is 0 Å². The molecule has 0 aliphatic carbocycles. The molecule has 1 nitrogen and oxygen atoms in total. The maximum Gasteiger partial charge on any atom is 0.0438 e. The van der Waals surface area contributed by atoms with Gasteiger partial charge in [-0.25, -0.2) is 0 Å². The lowest BCUT2D eigenvalue weighted by molar-refractivity contribution is 0.861. The number of para-hydroxylation sites is 1. The molecule has 0 amide bonds. The molecular formula is C13H19N. The molecule has 0 aliphatic heterocycles. The molecule has 0 atom stereocenters. The average Bonchev–Trinajstić information content (AvgIpc) is 2.18. The van der Waals surface area contributed by atoms with Crippen LogP contribution in [0.25, 0.3) is 0 Å². The molecule has 0 bridgehead atoms. The van der Waals surface area contributed by atoms with Gasteiger partial charge in [0.25, 0.3) is 0 Å². The summed E-state index contributed by atoms with van der Waals surface area (Å²) < 4.78 is 0. The fourth-order valence-electron chi connectivity index (χ4n) is 1.60. The molecule has 1 aromatic carbocycles. The summed E-state index contributed by atoms with van der Waals surface area (Å²) in [5, 5.41) is 0. The van der Waals surface area contributed by atoms with E-state index in [1.54, 1.807) is 0 Å². The molecule has 0 saturated heterocycles. The van der Waals surface area contributed by atoms with Gasteiger partial charge in [0.05, 0.1) is 0 Å². The number of anilines is 1. The number of allylic oxidation sites excluding steroid dienone is 1. The van der Waals surface area contributed by atoms with Crippen LogP contribution in [-0.4, -0.2) is 7.05 Å². The van der Waals surface area contributed by atoms with Crippen LogP contribution in [0.5, 0.6) is 0 Å². The maximum absolute atomic E-state index is 2.22. The van der Waals surface area contributed by atoms with Crippen molar-refractivity contribution in [1.29, 1.82) is 0 Å². The summed E-state index contributed by atoms with van der Waals surface area (Å²) >= 11 is 0. The third-order valence-corrected chi connectivity index (χ3v) is 2.31. The highest BCUT2D eigenvalue weighted by Gasteiger charge is 2.07. The highest BCUT2D eigenvalue weighted by atomic mass is 15.1. The zero-order valence-corrected chi connectivity index (χ0v) is 9.49. The van der Waals surface area contributed by atoms with Crippen molar-refractivity contribution in [2.45, 2.75) is 26.7 Å². The molecule has 76 valence electrons. The molecule has 0 saturated carbocycles. The highest BCUT2D eigenvalue weighted by Crippen LogP contribution is 2.26. The van der Waals surface area contributed by atoms with E-state index in [0.717, 1.165) is 0 Å². The van der Waals surface area contributed by atoms with Crippen LogP contribution in [0.3, 0.4) is 0 Å². The van der Waals surface area contributed by atoms with Crippen molar-refractivity contribution < 1.29 is 0 Å². The monoisotopic (exact) mass is 189 g/mol. The Morgan fingerprint density at radius 3 is 2.43 bits per heavy atom. The van der Waals surface area contributed by atoms with Gasteiger partial charge in [0.1, 0.15) is 0 Å². The second kappa shape index (κ2) is 4.85. The lowest BCUT2D eigenvalue weighted by Crippen LogP contribution is -2.10. The Kier molecular flexibility index (Phi) is 3.75. The minimum atomic E-state index is 0.568. The molecule has 0 heterocycles. The largest absolute Gasteiger partial charge is 0.351 e. The molecule has 0 aliphatic rings. The zero-order valence-electron chi connectivity index (χ0n) is 9.49. The van der Waals surface area contributed by atoms with Gasteiger partial charge in [0.15, 0.2) is 0 Å². The first kappa shape index (κ1) is 10.8. The zero-order chi connectivity index (χ0) is 10.6. The third-order valence-electron chi connectivity index (χ3n) is 2.31. The number of nitrogens with zero attached hydrogens (tertiary/aromatic N) is 1. The van der Waals surface area contributed by atoms with E-state index in [-0.39, 0.29) is 0 Å². The highest BCUT2D eigenvalue weighted by molar-refractivity contribution is 5.56. The van der Waals surface area contributed by atoms with Crippen LogP contribution in [0.1, 0.15) is 32.3 Å². The summed E-state index contributed by atoms with van der Waals surface area (Å²) in [5.41, 5.74) is 2.69. The average molecular weight is 189 g/mol. The van der Waals surface area contributed by atoms with Gasteiger partial charge in [-0.3, -0.25) is 0 Å². The van der Waals surface area contributed by atoms with Gasteiger partial charge in [0, 0.05) is 12.7 Å². The van der Waals surface area contributed by atoms with Crippen LogP contribution in [0.15, 0.2) is 36.5 Å². The quantitative estimate of drug-likeness (QED) is 0.699. The summed E-state index contributed by atoms with van der Waals surface area (Å²) in [7, 11) is 2.08. The number of rotatable bonds is 3. The fraction of sp³-hybridized carbons (Fsp3) is 0.385. The standard InChI is InChI=1S/C13H19N/c1-5-10-14(4)13-9-7-6-8-12(13)11(2)3/h5-11H,1-4H3/b10-5-. The van der Waals surface area contributed by atoms with Crippen LogP contribution in [0.2, 0.25) is 0 Å². The molecule has 0 N–H and O–H groups in total. The normalized spacial score (nSPS) is 11.2. The van der Waals surface area contributed by atoms with E-state index < -0.39 is 0 Å². The molecule has 0 radical (unpaired) electrons. The van der Waals surface area contributed by atoms with Gasteiger partial charge in [-0.1, -0.05) is 38.1 Å². The van der Waals surface area contributed by atoms with Crippen LogP contribution in [0, 0.1) is 0 Å². The smallest absolute Gasteiger partial charge is 0.0438 e. The Bertz CT molecular complexity index is 313. The van der Waals surface area contributed by atoms with Gasteiger partial charge in [-0.05, 0) is 30.7 Å². The van der Waals surface area contributed by atoms with Crippen LogP contribution in [-0.2, 0) is 0 Å². The minimum absolute atomic E-state index is 0.568. The Labute approximate surface area is 87.1 Å². The molecular weight excluding hydrogens is 170 g/mol. The Morgan fingerprint density at radius 2 is 1.86 bits per heavy atom. The van der Waals surface area contributed by atoms with E-state index in [0.29, 0.717) is 5.92 Å². The molecule has 0 fully saturated rings. The van der Waals surface area contributed by atoms with Gasteiger partial charge in [-0.15, -0.1) is 0 Å². The second-order valence-electron chi connectivity index (χ2n) is 3.81. The molecule has 0 unspecified atom stereocenters. The van der Waals surface area contributed by atoms with E-state index in [1.807, 2.05) is 6.92 Å². The van der Waals surface area contributed by atoms with Crippen molar-refractivity contribution in [3.63, 3.8) is 0 Å². The lowest BCUT2D eigenvalue weighted by atomic mass is 10.0. The lowest BCUT2D eigenvalue weighted by Gasteiger charge is -2.20. The van der Waals surface area contributed by atoms with Gasteiger partial charge < -0.3 is 4.90 Å². The minimum Gasteiger partial charge on any atom is -0.351 e. The van der Waals surface area contributed by atoms with Gasteiger partial charge in [-0.2, -0.15) is 0 Å². The first-order valence-electron chi connectivity index (χ1n) is 5.11. The summed E-state index contributed by atoms with van der Waals surface area (Å²) in [5.74, 6) is 0.568. The van der Waals surface area contributed by atoms with Gasteiger partial charge in [0.2, 0.25) is 0 Å². The van der Waals surface area contributed by atoms with E-state index >= 15 is 0 Å². The topological polar surface area (TPSA) is 3.24 Å². The summed E-state index contributed by atoms with van der Waals surface area (Å²) in [6, 6.07) is 8.54. The van der Waals surface area contributed by atoms with Crippen LogP contribution < -0.4 is 4.90 Å². The number of hydrogen-bond donors (Lipinski definition) is 0. The molecule has 1 aromatic rings. The third kappa shape index (κ3) is 2.38. The predicted octanol–water partition coefficient (Wildman–Crippen LogP) is 3.78. The van der Waals surface area contributed by atoms with Crippen molar-refractivity contribution in [3.05, 3.63) is 42.1 Å². The molecule has 0 aromatic heterocycles. The first-order chi connectivity index (χ1) is 6.66. The molecule has 0 spiro atoms. The van der Waals surface area contributed by atoms with Crippen molar-refractivity contribution in [3.8, 4) is 0 Å². The predicted molar refractivity (Wildman–Crippen MR) is 63.7 cm³/mol. The van der Waals surface area contributed by atoms with E-state index in [4.69, 9.17) is 0 Å². The number of hydrogen-bond acceptors (Lipinski definition) is 1. The van der Waals surface area contributed by atoms with E-state index in [2.05, 4.69) is 62.3 Å².